The molecule has 1 unspecified atom stereocenters. The molecule has 0 spiro atoms. The van der Waals surface area contributed by atoms with Crippen molar-refractivity contribution in [3.05, 3.63) is 31.6 Å². The monoisotopic (exact) mass is 366 g/mol. The van der Waals surface area contributed by atoms with Crippen LogP contribution in [0, 0.1) is 25.4 Å². The molecule has 1 aromatic carbocycles. The summed E-state index contributed by atoms with van der Waals surface area (Å²) in [7, 11) is 0. The third-order valence-corrected chi connectivity index (χ3v) is 3.73. The highest BCUT2D eigenvalue weighted by Crippen LogP contribution is 2.33. The molecule has 0 amide bonds. The summed E-state index contributed by atoms with van der Waals surface area (Å²) in [6.07, 6.45) is 1.42. The number of hydrogen-bond donors (Lipinski definition) is 2. The molecule has 0 saturated heterocycles. The standard InChI is InChI=1S/C11H12FIN2O3/c12-7-3-9(10(15(17)18)4-8(7)13)14-5-11(16)6-1-2-6/h3-4,6,11,14,16H,1-2,5H2. The number of nitrogens with one attached hydrogen (secondary N) is 1. The molecule has 1 aromatic rings. The van der Waals surface area contributed by atoms with Gasteiger partial charge in [0.2, 0.25) is 0 Å². The van der Waals surface area contributed by atoms with Gasteiger partial charge in [0.05, 0.1) is 14.6 Å². The summed E-state index contributed by atoms with van der Waals surface area (Å²) >= 11 is 1.71. The molecule has 1 saturated carbocycles. The Labute approximate surface area is 117 Å². The molecule has 1 fully saturated rings. The Morgan fingerprint density at radius 2 is 2.28 bits per heavy atom. The van der Waals surface area contributed by atoms with Crippen LogP contribution in [-0.4, -0.2) is 22.7 Å². The van der Waals surface area contributed by atoms with Gasteiger partial charge in [0.1, 0.15) is 11.5 Å². The topological polar surface area (TPSA) is 75.4 Å². The van der Waals surface area contributed by atoms with Crippen LogP contribution >= 0.6 is 22.6 Å². The van der Waals surface area contributed by atoms with Gasteiger partial charge < -0.3 is 10.4 Å². The molecule has 0 heterocycles. The lowest BCUT2D eigenvalue weighted by Crippen LogP contribution is -2.21. The molecule has 1 aliphatic carbocycles. The van der Waals surface area contributed by atoms with E-state index >= 15 is 0 Å². The highest BCUT2D eigenvalue weighted by Gasteiger charge is 2.30. The smallest absolute Gasteiger partial charge is 0.293 e. The highest BCUT2D eigenvalue weighted by molar-refractivity contribution is 14.1. The molecule has 0 aliphatic heterocycles. The molecular weight excluding hydrogens is 354 g/mol. The zero-order valence-electron chi connectivity index (χ0n) is 9.40. The van der Waals surface area contributed by atoms with Crippen LogP contribution in [-0.2, 0) is 0 Å². The van der Waals surface area contributed by atoms with Crippen LogP contribution in [0.2, 0.25) is 0 Å². The summed E-state index contributed by atoms with van der Waals surface area (Å²) in [6, 6.07) is 2.28. The molecule has 18 heavy (non-hydrogen) atoms. The van der Waals surface area contributed by atoms with E-state index in [0.29, 0.717) is 0 Å². The Morgan fingerprint density at radius 1 is 1.61 bits per heavy atom. The number of nitro benzene ring substituents is 1. The molecule has 5 nitrogen and oxygen atoms in total. The minimum atomic E-state index is -0.562. The van der Waals surface area contributed by atoms with E-state index in [1.165, 1.54) is 6.07 Å². The third kappa shape index (κ3) is 3.08. The van der Waals surface area contributed by atoms with Crippen molar-refractivity contribution in [2.24, 2.45) is 5.92 Å². The number of aliphatic hydroxyl groups excluding tert-OH is 1. The van der Waals surface area contributed by atoms with Gasteiger partial charge in [0.25, 0.3) is 5.69 Å². The van der Waals surface area contributed by atoms with Crippen LogP contribution in [0.15, 0.2) is 12.1 Å². The summed E-state index contributed by atoms with van der Waals surface area (Å²) < 4.78 is 13.6. The zero-order chi connectivity index (χ0) is 13.3. The number of nitrogens with zero attached hydrogens (tertiary/aromatic N) is 1. The molecule has 0 aromatic heterocycles. The van der Waals surface area contributed by atoms with Gasteiger partial charge in [-0.15, -0.1) is 0 Å². The van der Waals surface area contributed by atoms with Crippen molar-refractivity contribution in [2.45, 2.75) is 18.9 Å². The highest BCUT2D eigenvalue weighted by atomic mass is 127. The van der Waals surface area contributed by atoms with Crippen LogP contribution in [0.25, 0.3) is 0 Å². The lowest BCUT2D eigenvalue weighted by Gasteiger charge is -2.12. The van der Waals surface area contributed by atoms with E-state index in [0.717, 1.165) is 18.9 Å². The summed E-state index contributed by atoms with van der Waals surface area (Å²) in [6.45, 7) is 0.200. The molecule has 0 radical (unpaired) electrons. The van der Waals surface area contributed by atoms with Crippen LogP contribution in [0.5, 0.6) is 0 Å². The maximum absolute atomic E-state index is 13.4. The maximum atomic E-state index is 13.4. The Kier molecular flexibility index (Phi) is 4.00. The van der Waals surface area contributed by atoms with Gasteiger partial charge in [-0.1, -0.05) is 0 Å². The van der Waals surface area contributed by atoms with Gasteiger partial charge in [-0.25, -0.2) is 4.39 Å². The molecular formula is C11H12FIN2O3. The first-order valence-electron chi connectivity index (χ1n) is 5.54. The van der Waals surface area contributed by atoms with Crippen molar-refractivity contribution >= 4 is 34.0 Å². The van der Waals surface area contributed by atoms with Crippen molar-refractivity contribution in [3.8, 4) is 0 Å². The van der Waals surface area contributed by atoms with E-state index in [1.54, 1.807) is 22.6 Å². The van der Waals surface area contributed by atoms with Gasteiger partial charge in [-0.3, -0.25) is 10.1 Å². The molecule has 7 heteroatoms. The number of hydrogen-bond acceptors (Lipinski definition) is 4. The molecule has 1 atom stereocenters. The van der Waals surface area contributed by atoms with Crippen molar-refractivity contribution < 1.29 is 14.4 Å². The minimum Gasteiger partial charge on any atom is -0.391 e. The lowest BCUT2D eigenvalue weighted by molar-refractivity contribution is -0.384. The zero-order valence-corrected chi connectivity index (χ0v) is 11.6. The average Bonchev–Trinajstić information content (AvgIpc) is 3.13. The SMILES string of the molecule is O=[N+]([O-])c1cc(I)c(F)cc1NCC(O)C1CC1. The average molecular weight is 366 g/mol. The number of rotatable bonds is 5. The van der Waals surface area contributed by atoms with Gasteiger partial charge in [0, 0.05) is 18.7 Å². The number of benzene rings is 1. The number of anilines is 1. The minimum absolute atomic E-state index is 0.109. The normalized spacial score (nSPS) is 16.4. The van der Waals surface area contributed by atoms with E-state index in [-0.39, 0.29) is 27.4 Å². The first-order valence-corrected chi connectivity index (χ1v) is 6.62. The summed E-state index contributed by atoms with van der Waals surface area (Å²) in [5.74, 6) is -0.241. The van der Waals surface area contributed by atoms with Crippen LogP contribution in [0.3, 0.4) is 0 Å². The number of halogens is 2. The van der Waals surface area contributed by atoms with Crippen LogP contribution in [0.1, 0.15) is 12.8 Å². The quantitative estimate of drug-likeness (QED) is 0.477. The second-order valence-electron chi connectivity index (χ2n) is 4.33. The van der Waals surface area contributed by atoms with Crippen LogP contribution < -0.4 is 5.32 Å². The Bertz CT molecular complexity index is 480. The second-order valence-corrected chi connectivity index (χ2v) is 5.49. The Hall–Kier alpha value is -0.960. The van der Waals surface area contributed by atoms with Crippen molar-refractivity contribution in [2.75, 3.05) is 11.9 Å². The molecule has 1 aliphatic rings. The largest absolute Gasteiger partial charge is 0.391 e. The van der Waals surface area contributed by atoms with Gasteiger partial charge in [-0.05, 0) is 41.4 Å². The molecule has 0 bridgehead atoms. The Balaban J connectivity index is 2.14. The number of nitro groups is 1. The summed E-state index contributed by atoms with van der Waals surface area (Å²) in [5.41, 5.74) is -0.0681. The fourth-order valence-electron chi connectivity index (χ4n) is 1.69. The van der Waals surface area contributed by atoms with Gasteiger partial charge in [0.15, 0.2) is 0 Å². The van der Waals surface area contributed by atoms with E-state index in [1.807, 2.05) is 0 Å². The van der Waals surface area contributed by atoms with E-state index in [4.69, 9.17) is 0 Å². The first-order chi connectivity index (χ1) is 8.49. The number of aliphatic hydroxyl groups is 1. The van der Waals surface area contributed by atoms with Crippen molar-refractivity contribution in [1.29, 1.82) is 0 Å². The first kappa shape index (κ1) is 13.5. The fourth-order valence-corrected chi connectivity index (χ4v) is 2.14. The molecule has 98 valence electrons. The van der Waals surface area contributed by atoms with E-state index in [2.05, 4.69) is 5.32 Å². The third-order valence-electron chi connectivity index (χ3n) is 2.90. The summed E-state index contributed by atoms with van der Waals surface area (Å²) in [4.78, 5) is 10.3. The van der Waals surface area contributed by atoms with Crippen molar-refractivity contribution in [3.63, 3.8) is 0 Å². The van der Waals surface area contributed by atoms with Crippen LogP contribution in [0.4, 0.5) is 15.8 Å². The second kappa shape index (κ2) is 5.35. The molecule has 2 rings (SSSR count). The van der Waals surface area contributed by atoms with E-state index < -0.39 is 16.8 Å². The van der Waals surface area contributed by atoms with Gasteiger partial charge in [-0.2, -0.15) is 0 Å². The lowest BCUT2D eigenvalue weighted by atomic mass is 10.2. The van der Waals surface area contributed by atoms with Gasteiger partial charge >= 0.3 is 0 Å². The summed E-state index contributed by atoms with van der Waals surface area (Å²) in [5, 5.41) is 23.3. The Morgan fingerprint density at radius 3 is 2.83 bits per heavy atom. The fraction of sp³-hybridized carbons (Fsp3) is 0.455. The molecule has 2 N–H and O–H groups in total. The predicted octanol–water partition coefficient (Wildman–Crippen LogP) is 2.52. The maximum Gasteiger partial charge on any atom is 0.293 e. The van der Waals surface area contributed by atoms with Crippen molar-refractivity contribution in [1.82, 2.24) is 0 Å². The van der Waals surface area contributed by atoms with E-state index in [9.17, 15) is 19.6 Å². The predicted molar refractivity (Wildman–Crippen MR) is 73.0 cm³/mol.